The summed E-state index contributed by atoms with van der Waals surface area (Å²) in [5.74, 6) is -0.592. The van der Waals surface area contributed by atoms with E-state index in [1.165, 1.54) is 36.4 Å². The Morgan fingerprint density at radius 3 is 1.86 bits per heavy atom. The lowest BCUT2D eigenvalue weighted by Gasteiger charge is -2.15. The molecule has 3 aromatic rings. The predicted molar refractivity (Wildman–Crippen MR) is 109 cm³/mol. The first-order valence-corrected chi connectivity index (χ1v) is 11.5. The molecule has 0 amide bonds. The molecule has 0 radical (unpaired) electrons. The van der Waals surface area contributed by atoms with Crippen LogP contribution < -0.4 is 9.44 Å². The first-order chi connectivity index (χ1) is 13.6. The maximum absolute atomic E-state index is 13.1. The third-order valence-electron chi connectivity index (χ3n) is 3.61. The van der Waals surface area contributed by atoms with Crippen LogP contribution in [0.3, 0.4) is 0 Å². The molecule has 12 heteroatoms. The molecule has 0 unspecified atom stereocenters. The molecule has 0 spiro atoms. The van der Waals surface area contributed by atoms with Gasteiger partial charge in [0.25, 0.3) is 20.0 Å². The highest BCUT2D eigenvalue weighted by Crippen LogP contribution is 2.29. The number of benzene rings is 2. The minimum Gasteiger partial charge on any atom is -0.277 e. The van der Waals surface area contributed by atoms with E-state index in [-0.39, 0.29) is 31.5 Å². The van der Waals surface area contributed by atoms with Crippen molar-refractivity contribution in [3.8, 4) is 0 Å². The van der Waals surface area contributed by atoms with Gasteiger partial charge in [-0.1, -0.05) is 35.3 Å². The highest BCUT2D eigenvalue weighted by Gasteiger charge is 2.22. The third kappa shape index (κ3) is 4.96. The van der Waals surface area contributed by atoms with E-state index in [1.807, 2.05) is 0 Å². The topological polar surface area (TPSA) is 105 Å². The van der Waals surface area contributed by atoms with Crippen LogP contribution >= 0.6 is 23.2 Å². The number of hydrogen-bond acceptors (Lipinski definition) is 5. The molecule has 0 saturated heterocycles. The van der Waals surface area contributed by atoms with Gasteiger partial charge in [0.1, 0.15) is 15.9 Å². The molecule has 0 fully saturated rings. The fraction of sp³-hybridized carbons (Fsp3) is 0. The number of anilines is 2. The van der Waals surface area contributed by atoms with Gasteiger partial charge in [-0.2, -0.15) is 0 Å². The monoisotopic (exact) mass is 475 g/mol. The van der Waals surface area contributed by atoms with Crippen LogP contribution in [0.15, 0.2) is 70.5 Å². The minimum absolute atomic E-state index is 0.0152. The minimum atomic E-state index is -4.20. The highest BCUT2D eigenvalue weighted by atomic mass is 35.5. The van der Waals surface area contributed by atoms with Crippen molar-refractivity contribution in [2.75, 3.05) is 9.44 Å². The van der Waals surface area contributed by atoms with Gasteiger partial charge in [-0.3, -0.25) is 9.44 Å². The third-order valence-corrected chi connectivity index (χ3v) is 7.00. The summed E-state index contributed by atoms with van der Waals surface area (Å²) in [6.07, 6.45) is 0. The normalized spacial score (nSPS) is 11.8. The fourth-order valence-electron chi connectivity index (χ4n) is 2.28. The zero-order chi connectivity index (χ0) is 21.2. The highest BCUT2D eigenvalue weighted by molar-refractivity contribution is 7.93. The summed E-state index contributed by atoms with van der Waals surface area (Å²) in [7, 11) is -8.29. The van der Waals surface area contributed by atoms with Gasteiger partial charge in [-0.15, -0.1) is 0 Å². The quantitative estimate of drug-likeness (QED) is 0.521. The molecule has 2 N–H and O–H groups in total. The van der Waals surface area contributed by atoms with Gasteiger partial charge in [0.05, 0.1) is 16.3 Å². The molecule has 29 heavy (non-hydrogen) atoms. The van der Waals surface area contributed by atoms with E-state index < -0.39 is 25.9 Å². The summed E-state index contributed by atoms with van der Waals surface area (Å²) in [5.41, 5.74) is -0.0948. The predicted octanol–water partition coefficient (Wildman–Crippen LogP) is 4.13. The number of hydrogen-bond donors (Lipinski definition) is 2. The van der Waals surface area contributed by atoms with E-state index >= 15 is 0 Å². The van der Waals surface area contributed by atoms with Crippen molar-refractivity contribution < 1.29 is 21.2 Å². The lowest BCUT2D eigenvalue weighted by atomic mass is 10.3. The van der Waals surface area contributed by atoms with Crippen LogP contribution in [0.1, 0.15) is 0 Å². The Morgan fingerprint density at radius 1 is 0.759 bits per heavy atom. The van der Waals surface area contributed by atoms with Gasteiger partial charge in [-0.05, 0) is 48.5 Å². The molecule has 2 aromatic carbocycles. The van der Waals surface area contributed by atoms with E-state index in [0.29, 0.717) is 0 Å². The van der Waals surface area contributed by atoms with Crippen LogP contribution in [-0.4, -0.2) is 21.8 Å². The molecular formula is C17H12Cl2FN3O4S2. The molecule has 0 aliphatic rings. The summed E-state index contributed by atoms with van der Waals surface area (Å²) in [6.45, 7) is 0. The number of halogens is 3. The molecule has 1 heterocycles. The van der Waals surface area contributed by atoms with Crippen LogP contribution in [0.4, 0.5) is 15.8 Å². The number of para-hydroxylation sites is 2. The molecule has 1 aromatic heterocycles. The maximum Gasteiger partial charge on any atom is 0.265 e. The number of nitrogens with zero attached hydrogens (tertiary/aromatic N) is 1. The molecule has 7 nitrogen and oxygen atoms in total. The molecule has 0 atom stereocenters. The van der Waals surface area contributed by atoms with E-state index in [0.717, 1.165) is 24.3 Å². The largest absolute Gasteiger partial charge is 0.277 e. The Balaban J connectivity index is 1.94. The molecule has 152 valence electrons. The average Bonchev–Trinajstić information content (AvgIpc) is 2.63. The molecule has 0 bridgehead atoms. The second-order valence-corrected chi connectivity index (χ2v) is 9.71. The van der Waals surface area contributed by atoms with Crippen molar-refractivity contribution in [3.63, 3.8) is 0 Å². The van der Waals surface area contributed by atoms with Gasteiger partial charge >= 0.3 is 0 Å². The SMILES string of the molecule is O=S(=O)(Nc1ccccc1NS(=O)(=O)c1ccc(Cl)nc1Cl)c1ccc(F)cc1. The van der Waals surface area contributed by atoms with Crippen LogP contribution in [-0.2, 0) is 20.0 Å². The second kappa shape index (κ2) is 8.15. The van der Waals surface area contributed by atoms with Crippen molar-refractivity contribution in [1.29, 1.82) is 0 Å². The van der Waals surface area contributed by atoms with Crippen LogP contribution in [0.2, 0.25) is 10.3 Å². The number of aromatic nitrogens is 1. The van der Waals surface area contributed by atoms with Crippen LogP contribution in [0.25, 0.3) is 0 Å². The number of sulfonamides is 2. The van der Waals surface area contributed by atoms with E-state index in [1.54, 1.807) is 0 Å². The molecular weight excluding hydrogens is 464 g/mol. The Labute approximate surface area is 176 Å². The smallest absolute Gasteiger partial charge is 0.265 e. The van der Waals surface area contributed by atoms with Gasteiger partial charge in [-0.25, -0.2) is 26.2 Å². The standard InChI is InChI=1S/C17H12Cl2FN3O4S2/c18-16-10-9-15(17(19)21-16)29(26,27)23-14-4-2-1-3-13(14)22-28(24,25)12-7-5-11(20)6-8-12/h1-10,22-23H. The number of pyridine rings is 1. The summed E-state index contributed by atoms with van der Waals surface area (Å²) in [4.78, 5) is 3.15. The fourth-order valence-corrected chi connectivity index (χ4v) is 5.10. The number of rotatable bonds is 6. The average molecular weight is 476 g/mol. The van der Waals surface area contributed by atoms with Crippen molar-refractivity contribution in [1.82, 2.24) is 4.98 Å². The lowest BCUT2D eigenvalue weighted by molar-refractivity contribution is 0.597. The molecule has 0 saturated carbocycles. The Bertz CT molecular complexity index is 1270. The summed E-state index contributed by atoms with van der Waals surface area (Å²) in [5, 5.41) is -0.323. The van der Waals surface area contributed by atoms with Gasteiger partial charge in [0.2, 0.25) is 0 Å². The van der Waals surface area contributed by atoms with Crippen LogP contribution in [0.5, 0.6) is 0 Å². The van der Waals surface area contributed by atoms with Crippen LogP contribution in [0, 0.1) is 5.82 Å². The van der Waals surface area contributed by atoms with Gasteiger partial charge < -0.3 is 0 Å². The van der Waals surface area contributed by atoms with Gasteiger partial charge in [0, 0.05) is 0 Å². The molecule has 0 aliphatic carbocycles. The van der Waals surface area contributed by atoms with Crippen molar-refractivity contribution in [3.05, 3.63) is 76.8 Å². The number of nitrogens with one attached hydrogen (secondary N) is 2. The maximum atomic E-state index is 13.1. The summed E-state index contributed by atoms with van der Waals surface area (Å²) >= 11 is 11.5. The summed E-state index contributed by atoms with van der Waals surface area (Å²) in [6, 6.07) is 12.3. The van der Waals surface area contributed by atoms with E-state index in [9.17, 15) is 21.2 Å². The lowest BCUT2D eigenvalue weighted by Crippen LogP contribution is -2.18. The Morgan fingerprint density at radius 2 is 1.31 bits per heavy atom. The second-order valence-electron chi connectivity index (χ2n) is 5.63. The first kappa shape index (κ1) is 21.3. The van der Waals surface area contributed by atoms with Gasteiger partial charge in [0.15, 0.2) is 5.15 Å². The molecule has 0 aliphatic heterocycles. The summed E-state index contributed by atoms with van der Waals surface area (Å²) < 4.78 is 68.0. The Hall–Kier alpha value is -2.40. The first-order valence-electron chi connectivity index (χ1n) is 7.81. The molecule has 3 rings (SSSR count). The van der Waals surface area contributed by atoms with E-state index in [4.69, 9.17) is 23.2 Å². The Kier molecular flexibility index (Phi) is 5.99. The van der Waals surface area contributed by atoms with Crippen molar-refractivity contribution in [2.45, 2.75) is 9.79 Å². The van der Waals surface area contributed by atoms with Crippen molar-refractivity contribution >= 4 is 54.6 Å². The van der Waals surface area contributed by atoms with E-state index in [2.05, 4.69) is 14.4 Å². The van der Waals surface area contributed by atoms with Crippen molar-refractivity contribution in [2.24, 2.45) is 0 Å². The zero-order valence-corrected chi connectivity index (χ0v) is 17.4. The zero-order valence-electron chi connectivity index (χ0n) is 14.3.